The van der Waals surface area contributed by atoms with E-state index in [9.17, 15) is 0 Å². The molecule has 0 aliphatic heterocycles. The third kappa shape index (κ3) is 2.46. The highest BCUT2D eigenvalue weighted by Gasteiger charge is 2.17. The molecule has 2 aromatic rings. The molecular weight excluding hydrogens is 222 g/mol. The lowest BCUT2D eigenvalue weighted by Crippen LogP contribution is -2.23. The quantitative estimate of drug-likeness (QED) is 0.895. The third-order valence-electron chi connectivity index (χ3n) is 3.40. The molecule has 1 N–H and O–H groups in total. The highest BCUT2D eigenvalue weighted by Crippen LogP contribution is 2.25. The Bertz CT molecular complexity index is 528. The average Bonchev–Trinajstić information content (AvgIpc) is 2.77. The van der Waals surface area contributed by atoms with Gasteiger partial charge in [-0.05, 0) is 43.1 Å². The van der Waals surface area contributed by atoms with Crippen molar-refractivity contribution in [3.05, 3.63) is 52.8 Å². The predicted molar refractivity (Wildman–Crippen MR) is 74.6 cm³/mol. The van der Waals surface area contributed by atoms with E-state index in [1.54, 1.807) is 0 Å². The van der Waals surface area contributed by atoms with Crippen LogP contribution in [0.15, 0.2) is 30.5 Å². The number of aromatic nitrogens is 2. The molecule has 96 valence electrons. The van der Waals surface area contributed by atoms with Crippen LogP contribution in [0.25, 0.3) is 0 Å². The van der Waals surface area contributed by atoms with Crippen LogP contribution in [0, 0.1) is 13.8 Å². The number of aryl methyl sites for hydroxylation is 2. The molecule has 0 aliphatic carbocycles. The molecule has 0 spiro atoms. The molecule has 18 heavy (non-hydrogen) atoms. The Hall–Kier alpha value is -1.61. The number of rotatable bonds is 4. The van der Waals surface area contributed by atoms with Crippen molar-refractivity contribution in [1.82, 2.24) is 15.1 Å². The van der Waals surface area contributed by atoms with E-state index in [2.05, 4.69) is 55.5 Å². The average molecular weight is 243 g/mol. The fourth-order valence-electron chi connectivity index (χ4n) is 2.25. The van der Waals surface area contributed by atoms with Crippen molar-refractivity contribution in [2.24, 2.45) is 7.05 Å². The zero-order valence-corrected chi connectivity index (χ0v) is 11.6. The second-order valence-corrected chi connectivity index (χ2v) is 4.69. The zero-order valence-electron chi connectivity index (χ0n) is 11.6. The van der Waals surface area contributed by atoms with Crippen LogP contribution >= 0.6 is 0 Å². The van der Waals surface area contributed by atoms with Gasteiger partial charge in [0.1, 0.15) is 0 Å². The van der Waals surface area contributed by atoms with E-state index in [0.29, 0.717) is 0 Å². The number of hydrogen-bond donors (Lipinski definition) is 1. The standard InChI is InChI=1S/C15H21N3/c1-5-16-15(14-9-10-18(4)17-14)13-8-6-7-11(2)12(13)3/h6-10,15-16H,5H2,1-4H3. The van der Waals surface area contributed by atoms with Crippen molar-refractivity contribution in [2.45, 2.75) is 26.8 Å². The van der Waals surface area contributed by atoms with Crippen molar-refractivity contribution in [2.75, 3.05) is 6.54 Å². The Labute approximate surface area is 109 Å². The lowest BCUT2D eigenvalue weighted by atomic mass is 9.95. The smallest absolute Gasteiger partial charge is 0.0839 e. The van der Waals surface area contributed by atoms with Gasteiger partial charge in [0.25, 0.3) is 0 Å². The molecule has 3 heteroatoms. The van der Waals surface area contributed by atoms with E-state index >= 15 is 0 Å². The molecule has 0 amide bonds. The first-order valence-electron chi connectivity index (χ1n) is 6.42. The van der Waals surface area contributed by atoms with Crippen molar-refractivity contribution in [1.29, 1.82) is 0 Å². The van der Waals surface area contributed by atoms with Gasteiger partial charge in [-0.25, -0.2) is 0 Å². The van der Waals surface area contributed by atoms with Crippen LogP contribution in [0.2, 0.25) is 0 Å². The molecular formula is C15H21N3. The minimum atomic E-state index is 0.177. The molecule has 1 unspecified atom stereocenters. The van der Waals surface area contributed by atoms with Gasteiger partial charge in [0.05, 0.1) is 11.7 Å². The molecule has 1 heterocycles. The Balaban J connectivity index is 2.44. The van der Waals surface area contributed by atoms with Crippen molar-refractivity contribution in [3.63, 3.8) is 0 Å². The Morgan fingerprint density at radius 1 is 1.28 bits per heavy atom. The molecule has 0 saturated carbocycles. The molecule has 2 rings (SSSR count). The molecule has 0 fully saturated rings. The second kappa shape index (κ2) is 5.36. The van der Waals surface area contributed by atoms with Crippen molar-refractivity contribution < 1.29 is 0 Å². The lowest BCUT2D eigenvalue weighted by Gasteiger charge is -2.19. The Morgan fingerprint density at radius 3 is 2.67 bits per heavy atom. The van der Waals surface area contributed by atoms with E-state index in [1.165, 1.54) is 16.7 Å². The van der Waals surface area contributed by atoms with Crippen LogP contribution in [0.3, 0.4) is 0 Å². The first kappa shape index (κ1) is 12.8. The SMILES string of the molecule is CCNC(c1ccn(C)n1)c1cccc(C)c1C. The van der Waals surface area contributed by atoms with Crippen LogP contribution < -0.4 is 5.32 Å². The lowest BCUT2D eigenvalue weighted by molar-refractivity contribution is 0.597. The van der Waals surface area contributed by atoms with E-state index in [1.807, 2.05) is 17.9 Å². The number of nitrogens with one attached hydrogen (secondary N) is 1. The molecule has 1 aromatic heterocycles. The van der Waals surface area contributed by atoms with Gasteiger partial charge < -0.3 is 5.32 Å². The van der Waals surface area contributed by atoms with E-state index in [0.717, 1.165) is 12.2 Å². The minimum absolute atomic E-state index is 0.177. The summed E-state index contributed by atoms with van der Waals surface area (Å²) in [4.78, 5) is 0. The summed E-state index contributed by atoms with van der Waals surface area (Å²) in [5.74, 6) is 0. The van der Waals surface area contributed by atoms with Gasteiger partial charge in [0.2, 0.25) is 0 Å². The van der Waals surface area contributed by atoms with Gasteiger partial charge in [-0.15, -0.1) is 0 Å². The van der Waals surface area contributed by atoms with Crippen molar-refractivity contribution in [3.8, 4) is 0 Å². The van der Waals surface area contributed by atoms with Crippen LogP contribution in [-0.4, -0.2) is 16.3 Å². The highest BCUT2D eigenvalue weighted by atomic mass is 15.3. The summed E-state index contributed by atoms with van der Waals surface area (Å²) in [5.41, 5.74) is 5.06. The summed E-state index contributed by atoms with van der Waals surface area (Å²) < 4.78 is 1.85. The van der Waals surface area contributed by atoms with Gasteiger partial charge in [0.15, 0.2) is 0 Å². The Morgan fingerprint density at radius 2 is 2.06 bits per heavy atom. The maximum Gasteiger partial charge on any atom is 0.0839 e. The zero-order chi connectivity index (χ0) is 13.1. The number of benzene rings is 1. The van der Waals surface area contributed by atoms with Gasteiger partial charge in [-0.1, -0.05) is 25.1 Å². The summed E-state index contributed by atoms with van der Waals surface area (Å²) in [7, 11) is 1.95. The number of nitrogens with zero attached hydrogens (tertiary/aromatic N) is 2. The summed E-state index contributed by atoms with van der Waals surface area (Å²) in [6.45, 7) is 7.38. The van der Waals surface area contributed by atoms with Crippen LogP contribution in [0.4, 0.5) is 0 Å². The molecule has 3 nitrogen and oxygen atoms in total. The van der Waals surface area contributed by atoms with Crippen LogP contribution in [0.1, 0.15) is 35.3 Å². The summed E-state index contributed by atoms with van der Waals surface area (Å²) in [6, 6.07) is 8.71. The molecule has 0 saturated heterocycles. The molecule has 0 aliphatic rings. The second-order valence-electron chi connectivity index (χ2n) is 4.69. The maximum atomic E-state index is 4.53. The van der Waals surface area contributed by atoms with Crippen molar-refractivity contribution >= 4 is 0 Å². The topological polar surface area (TPSA) is 29.9 Å². The van der Waals surface area contributed by atoms with Gasteiger partial charge in [0, 0.05) is 13.2 Å². The minimum Gasteiger partial charge on any atom is -0.305 e. The largest absolute Gasteiger partial charge is 0.305 e. The van der Waals surface area contributed by atoms with Gasteiger partial charge in [-0.3, -0.25) is 4.68 Å². The number of hydrogen-bond acceptors (Lipinski definition) is 2. The summed E-state index contributed by atoms with van der Waals surface area (Å²) >= 11 is 0. The normalized spacial score (nSPS) is 12.7. The monoisotopic (exact) mass is 243 g/mol. The molecule has 1 atom stereocenters. The summed E-state index contributed by atoms with van der Waals surface area (Å²) in [6.07, 6.45) is 1.99. The fourth-order valence-corrected chi connectivity index (χ4v) is 2.25. The fraction of sp³-hybridized carbons (Fsp3) is 0.400. The van der Waals surface area contributed by atoms with E-state index in [4.69, 9.17) is 0 Å². The van der Waals surface area contributed by atoms with Gasteiger partial charge in [-0.2, -0.15) is 5.10 Å². The Kier molecular flexibility index (Phi) is 3.82. The predicted octanol–water partition coefficient (Wildman–Crippen LogP) is 2.74. The highest BCUT2D eigenvalue weighted by molar-refractivity contribution is 5.38. The molecule has 1 aromatic carbocycles. The van der Waals surface area contributed by atoms with E-state index in [-0.39, 0.29) is 6.04 Å². The van der Waals surface area contributed by atoms with Crippen LogP contribution in [-0.2, 0) is 7.05 Å². The first-order chi connectivity index (χ1) is 8.63. The summed E-state index contributed by atoms with van der Waals surface area (Å²) in [5, 5.41) is 8.05. The maximum absolute atomic E-state index is 4.53. The van der Waals surface area contributed by atoms with Crippen LogP contribution in [0.5, 0.6) is 0 Å². The first-order valence-corrected chi connectivity index (χ1v) is 6.42. The molecule has 0 radical (unpaired) electrons. The molecule has 0 bridgehead atoms. The van der Waals surface area contributed by atoms with Gasteiger partial charge >= 0.3 is 0 Å². The van der Waals surface area contributed by atoms with E-state index < -0.39 is 0 Å². The third-order valence-corrected chi connectivity index (χ3v) is 3.40.